The standard InChI is InChI=1S/C11H16O4/c1-4-11(14,7(2)3)9-6-5-8(15-9)10(12)13/h5-7,14H,4H2,1-3H3,(H,12,13). The molecule has 0 aromatic carbocycles. The van der Waals surface area contributed by atoms with Gasteiger partial charge in [0, 0.05) is 0 Å². The van der Waals surface area contributed by atoms with Crippen LogP contribution in [-0.4, -0.2) is 16.2 Å². The van der Waals surface area contributed by atoms with Gasteiger partial charge in [0.2, 0.25) is 5.76 Å². The minimum absolute atomic E-state index is 0.0321. The molecular weight excluding hydrogens is 196 g/mol. The molecule has 0 aliphatic heterocycles. The maximum Gasteiger partial charge on any atom is 0.371 e. The highest BCUT2D eigenvalue weighted by molar-refractivity contribution is 5.84. The van der Waals surface area contributed by atoms with Gasteiger partial charge in [0.15, 0.2) is 0 Å². The van der Waals surface area contributed by atoms with Crippen molar-refractivity contribution in [1.29, 1.82) is 0 Å². The summed E-state index contributed by atoms with van der Waals surface area (Å²) in [7, 11) is 0. The third-order valence-corrected chi connectivity index (χ3v) is 2.74. The quantitative estimate of drug-likeness (QED) is 0.802. The summed E-state index contributed by atoms with van der Waals surface area (Å²) in [5.41, 5.74) is -1.09. The lowest BCUT2D eigenvalue weighted by atomic mass is 9.85. The Balaban J connectivity index is 3.08. The van der Waals surface area contributed by atoms with Crippen molar-refractivity contribution in [3.63, 3.8) is 0 Å². The van der Waals surface area contributed by atoms with Crippen molar-refractivity contribution in [2.45, 2.75) is 32.8 Å². The van der Waals surface area contributed by atoms with Gasteiger partial charge in [-0.3, -0.25) is 0 Å². The van der Waals surface area contributed by atoms with Crippen molar-refractivity contribution in [2.75, 3.05) is 0 Å². The molecule has 4 nitrogen and oxygen atoms in total. The predicted molar refractivity (Wildman–Crippen MR) is 54.7 cm³/mol. The number of aliphatic hydroxyl groups is 1. The average molecular weight is 212 g/mol. The number of aromatic carboxylic acids is 1. The van der Waals surface area contributed by atoms with Crippen LogP contribution in [-0.2, 0) is 5.60 Å². The summed E-state index contributed by atoms with van der Waals surface area (Å²) in [6, 6.07) is 2.88. The molecule has 0 radical (unpaired) electrons. The summed E-state index contributed by atoms with van der Waals surface area (Å²) in [5.74, 6) is -0.978. The molecule has 4 heteroatoms. The number of rotatable bonds is 4. The molecular formula is C11H16O4. The number of carboxylic acid groups (broad SMARTS) is 1. The van der Waals surface area contributed by atoms with Crippen molar-refractivity contribution in [1.82, 2.24) is 0 Å². The van der Waals surface area contributed by atoms with Crippen molar-refractivity contribution < 1.29 is 19.4 Å². The van der Waals surface area contributed by atoms with Gasteiger partial charge in [-0.25, -0.2) is 4.79 Å². The van der Waals surface area contributed by atoms with E-state index in [1.54, 1.807) is 0 Å². The Labute approximate surface area is 88.5 Å². The van der Waals surface area contributed by atoms with Crippen LogP contribution < -0.4 is 0 Å². The number of carbonyl (C=O) groups is 1. The fourth-order valence-corrected chi connectivity index (χ4v) is 1.55. The van der Waals surface area contributed by atoms with Gasteiger partial charge in [-0.1, -0.05) is 20.8 Å². The van der Waals surface area contributed by atoms with E-state index in [0.29, 0.717) is 12.2 Å². The van der Waals surface area contributed by atoms with Crippen LogP contribution in [0.15, 0.2) is 16.5 Å². The second-order valence-corrected chi connectivity index (χ2v) is 3.90. The number of hydrogen-bond donors (Lipinski definition) is 2. The highest BCUT2D eigenvalue weighted by atomic mass is 16.4. The highest BCUT2D eigenvalue weighted by Gasteiger charge is 2.34. The number of hydrogen-bond acceptors (Lipinski definition) is 3. The van der Waals surface area contributed by atoms with E-state index in [4.69, 9.17) is 9.52 Å². The predicted octanol–water partition coefficient (Wildman–Crippen LogP) is 2.23. The molecule has 0 amide bonds. The Kier molecular flexibility index (Phi) is 3.19. The van der Waals surface area contributed by atoms with E-state index in [9.17, 15) is 9.90 Å². The van der Waals surface area contributed by atoms with E-state index >= 15 is 0 Å². The Morgan fingerprint density at radius 1 is 1.53 bits per heavy atom. The first-order valence-corrected chi connectivity index (χ1v) is 4.97. The zero-order valence-electron chi connectivity index (χ0n) is 9.15. The smallest absolute Gasteiger partial charge is 0.371 e. The Bertz CT molecular complexity index is 353. The fourth-order valence-electron chi connectivity index (χ4n) is 1.55. The van der Waals surface area contributed by atoms with E-state index in [1.807, 2.05) is 20.8 Å². The van der Waals surface area contributed by atoms with Gasteiger partial charge in [-0.05, 0) is 24.5 Å². The van der Waals surface area contributed by atoms with Gasteiger partial charge in [-0.2, -0.15) is 0 Å². The molecule has 0 saturated carbocycles. The monoisotopic (exact) mass is 212 g/mol. The summed E-state index contributed by atoms with van der Waals surface area (Å²) in [5, 5.41) is 19.0. The summed E-state index contributed by atoms with van der Waals surface area (Å²) in [4.78, 5) is 10.6. The second kappa shape index (κ2) is 4.06. The molecule has 1 aromatic heterocycles. The first kappa shape index (κ1) is 11.8. The van der Waals surface area contributed by atoms with Crippen LogP contribution in [0.5, 0.6) is 0 Å². The SMILES string of the molecule is CCC(O)(c1ccc(C(=O)O)o1)C(C)C. The topological polar surface area (TPSA) is 70.7 Å². The molecule has 1 unspecified atom stereocenters. The molecule has 84 valence electrons. The first-order valence-electron chi connectivity index (χ1n) is 4.97. The van der Waals surface area contributed by atoms with E-state index in [0.717, 1.165) is 0 Å². The van der Waals surface area contributed by atoms with E-state index in [2.05, 4.69) is 0 Å². The Morgan fingerprint density at radius 3 is 2.47 bits per heavy atom. The molecule has 1 rings (SSSR count). The molecule has 0 aliphatic carbocycles. The van der Waals surface area contributed by atoms with E-state index in [1.165, 1.54) is 12.1 Å². The molecule has 0 spiro atoms. The third kappa shape index (κ3) is 2.04. The van der Waals surface area contributed by atoms with Gasteiger partial charge in [0.25, 0.3) is 0 Å². The van der Waals surface area contributed by atoms with Crippen molar-refractivity contribution in [3.8, 4) is 0 Å². The van der Waals surface area contributed by atoms with Gasteiger partial charge in [-0.15, -0.1) is 0 Å². The molecule has 0 fully saturated rings. The summed E-state index contributed by atoms with van der Waals surface area (Å²) >= 11 is 0. The minimum Gasteiger partial charge on any atom is -0.475 e. The molecule has 1 heterocycles. The first-order chi connectivity index (χ1) is 6.91. The second-order valence-electron chi connectivity index (χ2n) is 3.90. The van der Waals surface area contributed by atoms with Gasteiger partial charge in [0.05, 0.1) is 0 Å². The van der Waals surface area contributed by atoms with Crippen molar-refractivity contribution >= 4 is 5.97 Å². The molecule has 0 saturated heterocycles. The minimum atomic E-state index is -1.12. The number of carboxylic acids is 1. The zero-order chi connectivity index (χ0) is 11.6. The van der Waals surface area contributed by atoms with Crippen LogP contribution >= 0.6 is 0 Å². The molecule has 1 atom stereocenters. The lowest BCUT2D eigenvalue weighted by Crippen LogP contribution is -2.30. The normalized spacial score (nSPS) is 15.3. The van der Waals surface area contributed by atoms with Crippen LogP contribution in [0.3, 0.4) is 0 Å². The summed E-state index contributed by atoms with van der Waals surface area (Å²) < 4.78 is 5.11. The molecule has 0 bridgehead atoms. The van der Waals surface area contributed by atoms with Gasteiger partial charge >= 0.3 is 5.97 Å². The van der Waals surface area contributed by atoms with E-state index < -0.39 is 11.6 Å². The van der Waals surface area contributed by atoms with E-state index in [-0.39, 0.29) is 11.7 Å². The fraction of sp³-hybridized carbons (Fsp3) is 0.545. The lowest BCUT2D eigenvalue weighted by molar-refractivity contribution is -0.0338. The maximum absolute atomic E-state index is 10.6. The lowest BCUT2D eigenvalue weighted by Gasteiger charge is -2.28. The summed E-state index contributed by atoms with van der Waals surface area (Å²) in [6.07, 6.45) is 0.483. The zero-order valence-corrected chi connectivity index (χ0v) is 9.15. The van der Waals surface area contributed by atoms with Crippen molar-refractivity contribution in [3.05, 3.63) is 23.7 Å². The number of furan rings is 1. The molecule has 1 aromatic rings. The van der Waals surface area contributed by atoms with Crippen LogP contribution in [0.25, 0.3) is 0 Å². The van der Waals surface area contributed by atoms with Gasteiger partial charge in [0.1, 0.15) is 11.4 Å². The average Bonchev–Trinajstić information content (AvgIpc) is 2.65. The Morgan fingerprint density at radius 2 is 2.13 bits per heavy atom. The maximum atomic E-state index is 10.6. The van der Waals surface area contributed by atoms with Crippen LogP contribution in [0.2, 0.25) is 0 Å². The van der Waals surface area contributed by atoms with Crippen LogP contribution in [0.1, 0.15) is 43.5 Å². The van der Waals surface area contributed by atoms with Gasteiger partial charge < -0.3 is 14.6 Å². The summed E-state index contributed by atoms with van der Waals surface area (Å²) in [6.45, 7) is 5.57. The molecule has 0 aliphatic rings. The van der Waals surface area contributed by atoms with Crippen LogP contribution in [0, 0.1) is 5.92 Å². The highest BCUT2D eigenvalue weighted by Crippen LogP contribution is 2.33. The van der Waals surface area contributed by atoms with Crippen LogP contribution in [0.4, 0.5) is 0 Å². The Hall–Kier alpha value is -1.29. The molecule has 2 N–H and O–H groups in total. The third-order valence-electron chi connectivity index (χ3n) is 2.74. The molecule has 15 heavy (non-hydrogen) atoms. The largest absolute Gasteiger partial charge is 0.475 e. The van der Waals surface area contributed by atoms with Crippen molar-refractivity contribution in [2.24, 2.45) is 5.92 Å².